The topological polar surface area (TPSA) is 154 Å². The van der Waals surface area contributed by atoms with E-state index in [1.807, 2.05) is 6.92 Å². The van der Waals surface area contributed by atoms with Gasteiger partial charge in [0.25, 0.3) is 0 Å². The largest absolute Gasteiger partial charge is 0.444 e. The zero-order valence-electron chi connectivity index (χ0n) is 27.5. The number of amides is 4. The summed E-state index contributed by atoms with van der Waals surface area (Å²) in [5.74, 6) is -0.315. The summed E-state index contributed by atoms with van der Waals surface area (Å²) in [7, 11) is 0. The Kier molecular flexibility index (Phi) is 13.5. The number of aliphatic imine (C=N–C) groups is 1. The maximum atomic E-state index is 13.8. The minimum atomic E-state index is -4.75. The van der Waals surface area contributed by atoms with E-state index in [-0.39, 0.29) is 68.6 Å². The van der Waals surface area contributed by atoms with Crippen LogP contribution >= 0.6 is 0 Å². The van der Waals surface area contributed by atoms with E-state index in [0.717, 1.165) is 12.1 Å². The molecule has 1 aliphatic rings. The number of hydrogen-bond donors (Lipinski definition) is 4. The number of hydrogen-bond acceptors (Lipinski definition) is 8. The molecular formula is C30H46F3N7O6. The van der Waals surface area contributed by atoms with Gasteiger partial charge in [-0.05, 0) is 73.4 Å². The lowest BCUT2D eigenvalue weighted by atomic mass is 10.1. The summed E-state index contributed by atoms with van der Waals surface area (Å²) in [6.07, 6.45) is -4.89. The number of carbonyl (C=O) groups excluding carboxylic acids is 4. The van der Waals surface area contributed by atoms with E-state index in [1.165, 1.54) is 4.90 Å². The molecule has 0 radical (unpaired) electrons. The third-order valence-corrected chi connectivity index (χ3v) is 6.22. The first-order chi connectivity index (χ1) is 21.3. The van der Waals surface area contributed by atoms with Gasteiger partial charge in [0, 0.05) is 45.7 Å². The molecule has 4 amide bonds. The lowest BCUT2D eigenvalue weighted by molar-refractivity contribution is -0.137. The van der Waals surface area contributed by atoms with Gasteiger partial charge in [-0.3, -0.25) is 19.9 Å². The van der Waals surface area contributed by atoms with Crippen molar-refractivity contribution in [1.82, 2.24) is 15.5 Å². The fourth-order valence-corrected chi connectivity index (χ4v) is 4.36. The zero-order chi connectivity index (χ0) is 34.7. The number of nitrogens with one attached hydrogen (secondary N) is 4. The molecule has 0 bridgehead atoms. The van der Waals surface area contributed by atoms with Crippen molar-refractivity contribution in [2.75, 3.05) is 54.8 Å². The SMILES string of the molecule is CCNC(=NCCCCC(=O)Nc1cc(C(F)(F)F)cc(NC=O)c1N1CCN(C(=O)OC(C)(C)C)CC1)NC(=O)OC(C)(C)C. The zero-order valence-corrected chi connectivity index (χ0v) is 27.5. The average Bonchev–Trinajstić information content (AvgIpc) is 2.90. The highest BCUT2D eigenvalue weighted by molar-refractivity contribution is 5.99. The summed E-state index contributed by atoms with van der Waals surface area (Å²) in [6.45, 7) is 13.9. The molecule has 1 aromatic carbocycles. The second-order valence-corrected chi connectivity index (χ2v) is 12.5. The van der Waals surface area contributed by atoms with Gasteiger partial charge in [0.05, 0.1) is 22.6 Å². The van der Waals surface area contributed by atoms with E-state index in [1.54, 1.807) is 46.4 Å². The number of alkyl halides is 3. The number of rotatable bonds is 10. The summed E-state index contributed by atoms with van der Waals surface area (Å²) in [6, 6.07) is 1.64. The Hall–Kier alpha value is -4.24. The molecule has 16 heteroatoms. The van der Waals surface area contributed by atoms with Crippen molar-refractivity contribution in [1.29, 1.82) is 0 Å². The van der Waals surface area contributed by atoms with Gasteiger partial charge in [-0.2, -0.15) is 13.2 Å². The quantitative estimate of drug-likeness (QED) is 0.120. The van der Waals surface area contributed by atoms with Crippen LogP contribution in [0, 0.1) is 0 Å². The van der Waals surface area contributed by atoms with E-state index in [4.69, 9.17) is 9.47 Å². The lowest BCUT2D eigenvalue weighted by Gasteiger charge is -2.38. The summed E-state index contributed by atoms with van der Waals surface area (Å²) in [5, 5.41) is 10.4. The Morgan fingerprint density at radius 1 is 0.935 bits per heavy atom. The Balaban J connectivity index is 2.15. The number of guanidine groups is 1. The number of unbranched alkanes of at least 4 members (excludes halogenated alkanes) is 1. The molecule has 0 saturated carbocycles. The molecular weight excluding hydrogens is 611 g/mol. The van der Waals surface area contributed by atoms with Crippen LogP contribution in [0.2, 0.25) is 0 Å². The predicted molar refractivity (Wildman–Crippen MR) is 169 cm³/mol. The highest BCUT2D eigenvalue weighted by atomic mass is 19.4. The van der Waals surface area contributed by atoms with Gasteiger partial charge in [-0.25, -0.2) is 9.59 Å². The van der Waals surface area contributed by atoms with Crippen LogP contribution in [0.1, 0.15) is 73.3 Å². The first kappa shape index (κ1) is 37.9. The second kappa shape index (κ2) is 16.4. The number of carbonyl (C=O) groups is 4. The van der Waals surface area contributed by atoms with Crippen LogP contribution in [0.25, 0.3) is 0 Å². The van der Waals surface area contributed by atoms with E-state index in [0.29, 0.717) is 19.4 Å². The molecule has 1 aliphatic heterocycles. The Bertz CT molecular complexity index is 1250. The molecule has 0 aromatic heterocycles. The van der Waals surface area contributed by atoms with Crippen molar-refractivity contribution < 1.29 is 41.8 Å². The molecule has 0 aliphatic carbocycles. The van der Waals surface area contributed by atoms with Gasteiger partial charge in [0.2, 0.25) is 18.3 Å². The second-order valence-electron chi connectivity index (χ2n) is 12.5. The van der Waals surface area contributed by atoms with Crippen LogP contribution in [0.3, 0.4) is 0 Å². The van der Waals surface area contributed by atoms with Crippen molar-refractivity contribution in [3.05, 3.63) is 17.7 Å². The fraction of sp³-hybridized carbons (Fsp3) is 0.633. The molecule has 258 valence electrons. The van der Waals surface area contributed by atoms with Crippen LogP contribution < -0.4 is 26.2 Å². The third-order valence-electron chi connectivity index (χ3n) is 6.22. The van der Waals surface area contributed by atoms with Crippen molar-refractivity contribution in [3.63, 3.8) is 0 Å². The third kappa shape index (κ3) is 13.0. The highest BCUT2D eigenvalue weighted by Gasteiger charge is 2.34. The average molecular weight is 658 g/mol. The Labute approximate surface area is 267 Å². The van der Waals surface area contributed by atoms with Crippen LogP contribution in [-0.4, -0.2) is 85.8 Å². The van der Waals surface area contributed by atoms with Gasteiger partial charge in [0.15, 0.2) is 0 Å². The van der Waals surface area contributed by atoms with Gasteiger partial charge in [0.1, 0.15) is 11.2 Å². The van der Waals surface area contributed by atoms with E-state index in [9.17, 15) is 32.3 Å². The highest BCUT2D eigenvalue weighted by Crippen LogP contribution is 2.41. The standard InChI is InChI=1S/C30H46F3N7O6/c1-8-34-25(38-26(43)45-28(2,3)4)35-12-10-9-11-23(42)37-22-18-20(30(31,32)33)17-21(36-19-41)24(22)39-13-15-40(16-14-39)27(44)46-29(5,6)7/h17-19H,8-16H2,1-7H3,(H,36,41)(H,37,42)(H2,34,35,38,43). The van der Waals surface area contributed by atoms with Crippen molar-refractivity contribution in [3.8, 4) is 0 Å². The molecule has 13 nitrogen and oxygen atoms in total. The summed E-state index contributed by atoms with van der Waals surface area (Å²) >= 11 is 0. The molecule has 4 N–H and O–H groups in total. The number of benzene rings is 1. The fourth-order valence-electron chi connectivity index (χ4n) is 4.36. The van der Waals surface area contributed by atoms with Crippen molar-refractivity contribution in [2.45, 2.75) is 85.1 Å². The molecule has 46 heavy (non-hydrogen) atoms. The van der Waals surface area contributed by atoms with Crippen molar-refractivity contribution in [2.24, 2.45) is 4.99 Å². The van der Waals surface area contributed by atoms with Crippen molar-refractivity contribution >= 4 is 47.5 Å². The molecule has 1 heterocycles. The lowest BCUT2D eigenvalue weighted by Crippen LogP contribution is -2.50. The number of halogens is 3. The predicted octanol–water partition coefficient (Wildman–Crippen LogP) is 4.93. The van der Waals surface area contributed by atoms with Crippen LogP contribution in [0.15, 0.2) is 17.1 Å². The molecule has 1 saturated heterocycles. The summed E-state index contributed by atoms with van der Waals surface area (Å²) in [5.41, 5.74) is -2.49. The number of anilines is 3. The van der Waals surface area contributed by atoms with E-state index < -0.39 is 41.0 Å². The van der Waals surface area contributed by atoms with E-state index >= 15 is 0 Å². The monoisotopic (exact) mass is 657 g/mol. The van der Waals surface area contributed by atoms with Crippen LogP contribution in [0.5, 0.6) is 0 Å². The first-order valence-electron chi connectivity index (χ1n) is 15.1. The summed E-state index contributed by atoms with van der Waals surface area (Å²) < 4.78 is 52.0. The van der Waals surface area contributed by atoms with Crippen LogP contribution in [0.4, 0.5) is 39.8 Å². The first-order valence-corrected chi connectivity index (χ1v) is 15.1. The molecule has 1 fully saturated rings. The maximum absolute atomic E-state index is 13.8. The minimum Gasteiger partial charge on any atom is -0.444 e. The van der Waals surface area contributed by atoms with Gasteiger partial charge in [-0.1, -0.05) is 0 Å². The smallest absolute Gasteiger partial charge is 0.416 e. The molecule has 0 spiro atoms. The molecule has 0 atom stereocenters. The Morgan fingerprint density at radius 2 is 1.54 bits per heavy atom. The normalized spacial score (nSPS) is 14.3. The maximum Gasteiger partial charge on any atom is 0.416 e. The Morgan fingerprint density at radius 3 is 2.09 bits per heavy atom. The number of nitrogens with zero attached hydrogens (tertiary/aromatic N) is 3. The number of piperazine rings is 1. The van der Waals surface area contributed by atoms with Gasteiger partial charge < -0.3 is 35.2 Å². The number of alkyl carbamates (subject to hydrolysis) is 1. The van der Waals surface area contributed by atoms with Gasteiger partial charge in [-0.15, -0.1) is 0 Å². The molecule has 2 rings (SSSR count). The molecule has 1 aromatic rings. The van der Waals surface area contributed by atoms with Crippen LogP contribution in [-0.2, 0) is 25.2 Å². The summed E-state index contributed by atoms with van der Waals surface area (Å²) in [4.78, 5) is 56.4. The van der Waals surface area contributed by atoms with E-state index in [2.05, 4.69) is 26.3 Å². The molecule has 0 unspecified atom stereocenters. The van der Waals surface area contributed by atoms with Gasteiger partial charge >= 0.3 is 18.4 Å². The number of ether oxygens (including phenoxy) is 2. The minimum absolute atomic E-state index is 0.0237.